The van der Waals surface area contributed by atoms with Crippen molar-refractivity contribution >= 4 is 0 Å². The molecule has 0 aromatic rings. The second-order valence-electron chi connectivity index (χ2n) is 3.62. The van der Waals surface area contributed by atoms with Gasteiger partial charge in [-0.3, -0.25) is 0 Å². The van der Waals surface area contributed by atoms with E-state index in [1.165, 1.54) is 0 Å². The van der Waals surface area contributed by atoms with E-state index in [4.69, 9.17) is 0 Å². The predicted molar refractivity (Wildman–Crippen MR) is 47.6 cm³/mol. The molecule has 4 heteroatoms. The minimum atomic E-state index is -4.06. The molecule has 0 aliphatic heterocycles. The van der Waals surface area contributed by atoms with Crippen molar-refractivity contribution in [2.75, 3.05) is 6.54 Å². The zero-order chi connectivity index (χ0) is 10.5. The molecule has 0 aromatic heterocycles. The summed E-state index contributed by atoms with van der Waals surface area (Å²) in [5.41, 5.74) is 0. The van der Waals surface area contributed by atoms with E-state index >= 15 is 0 Å². The largest absolute Gasteiger partial charge is 0.390 e. The van der Waals surface area contributed by atoms with Crippen LogP contribution < -0.4 is 5.32 Å². The van der Waals surface area contributed by atoms with Gasteiger partial charge < -0.3 is 5.32 Å². The van der Waals surface area contributed by atoms with Crippen LogP contribution in [0.2, 0.25) is 0 Å². The molecule has 0 rings (SSSR count). The fourth-order valence-electron chi connectivity index (χ4n) is 1.12. The van der Waals surface area contributed by atoms with E-state index in [0.717, 1.165) is 6.42 Å². The Hall–Kier alpha value is -0.250. The first kappa shape index (κ1) is 12.8. The van der Waals surface area contributed by atoms with Gasteiger partial charge in [0.05, 0.1) is 6.42 Å². The van der Waals surface area contributed by atoms with Gasteiger partial charge in [0.1, 0.15) is 0 Å². The van der Waals surface area contributed by atoms with E-state index < -0.39 is 18.6 Å². The quantitative estimate of drug-likeness (QED) is 0.714. The summed E-state index contributed by atoms with van der Waals surface area (Å²) in [5, 5.41) is 2.91. The maximum Gasteiger partial charge on any atom is 0.390 e. The van der Waals surface area contributed by atoms with Crippen molar-refractivity contribution in [3.05, 3.63) is 0 Å². The summed E-state index contributed by atoms with van der Waals surface area (Å²) in [4.78, 5) is 0. The summed E-state index contributed by atoms with van der Waals surface area (Å²) in [7, 11) is 0. The average molecular weight is 197 g/mol. The summed E-state index contributed by atoms with van der Waals surface area (Å²) in [6.45, 7) is 6.20. The minimum absolute atomic E-state index is 0.0215. The molecule has 0 spiro atoms. The fraction of sp³-hybridized carbons (Fsp3) is 1.00. The average Bonchev–Trinajstić information content (AvgIpc) is 1.95. The SMILES string of the molecule is CCCNC(CC(F)(F)F)C(C)C. The summed E-state index contributed by atoms with van der Waals surface area (Å²) in [6, 6.07) is -0.444. The lowest BCUT2D eigenvalue weighted by molar-refractivity contribution is -0.142. The van der Waals surface area contributed by atoms with Crippen molar-refractivity contribution < 1.29 is 13.2 Å². The first-order chi connectivity index (χ1) is 5.87. The lowest BCUT2D eigenvalue weighted by atomic mass is 10.0. The number of hydrogen-bond acceptors (Lipinski definition) is 1. The molecular weight excluding hydrogens is 179 g/mol. The molecule has 0 radical (unpaired) electrons. The smallest absolute Gasteiger partial charge is 0.313 e. The van der Waals surface area contributed by atoms with Crippen LogP contribution in [0.3, 0.4) is 0 Å². The lowest BCUT2D eigenvalue weighted by Gasteiger charge is -2.23. The zero-order valence-electron chi connectivity index (χ0n) is 8.41. The molecule has 13 heavy (non-hydrogen) atoms. The molecule has 0 bridgehead atoms. The fourth-order valence-corrected chi connectivity index (χ4v) is 1.12. The van der Waals surface area contributed by atoms with Crippen LogP contribution in [0.4, 0.5) is 13.2 Å². The maximum absolute atomic E-state index is 12.1. The topological polar surface area (TPSA) is 12.0 Å². The van der Waals surface area contributed by atoms with Crippen molar-refractivity contribution in [2.24, 2.45) is 5.92 Å². The van der Waals surface area contributed by atoms with Crippen LogP contribution in [-0.4, -0.2) is 18.8 Å². The molecule has 0 heterocycles. The van der Waals surface area contributed by atoms with E-state index in [1.807, 2.05) is 6.92 Å². The van der Waals surface area contributed by atoms with Gasteiger partial charge in [-0.1, -0.05) is 20.8 Å². The number of alkyl halides is 3. The van der Waals surface area contributed by atoms with E-state index in [2.05, 4.69) is 5.32 Å². The standard InChI is InChI=1S/C9H18F3N/c1-4-5-13-8(7(2)3)6-9(10,11)12/h7-8,13H,4-6H2,1-3H3. The first-order valence-corrected chi connectivity index (χ1v) is 4.67. The van der Waals surface area contributed by atoms with Gasteiger partial charge in [-0.05, 0) is 18.9 Å². The molecule has 0 aliphatic carbocycles. The summed E-state index contributed by atoms with van der Waals surface area (Å²) < 4.78 is 36.2. The number of hydrogen-bond donors (Lipinski definition) is 1. The van der Waals surface area contributed by atoms with Crippen molar-refractivity contribution in [1.29, 1.82) is 0 Å². The third-order valence-corrected chi connectivity index (χ3v) is 1.91. The van der Waals surface area contributed by atoms with Crippen molar-refractivity contribution in [3.8, 4) is 0 Å². The molecule has 0 saturated carbocycles. The zero-order valence-corrected chi connectivity index (χ0v) is 8.41. The highest BCUT2D eigenvalue weighted by molar-refractivity contribution is 4.73. The molecule has 0 amide bonds. The van der Waals surface area contributed by atoms with E-state index in [1.54, 1.807) is 13.8 Å². The van der Waals surface area contributed by atoms with Gasteiger partial charge >= 0.3 is 6.18 Å². The lowest BCUT2D eigenvalue weighted by Crippen LogP contribution is -2.38. The van der Waals surface area contributed by atoms with Gasteiger partial charge in [0.25, 0.3) is 0 Å². The van der Waals surface area contributed by atoms with Crippen LogP contribution in [0.1, 0.15) is 33.6 Å². The Morgan fingerprint density at radius 3 is 2.08 bits per heavy atom. The molecule has 1 unspecified atom stereocenters. The van der Waals surface area contributed by atoms with Crippen LogP contribution >= 0.6 is 0 Å². The maximum atomic E-state index is 12.1. The summed E-state index contributed by atoms with van der Waals surface area (Å²) >= 11 is 0. The predicted octanol–water partition coefficient (Wildman–Crippen LogP) is 2.96. The first-order valence-electron chi connectivity index (χ1n) is 4.67. The second kappa shape index (κ2) is 5.47. The van der Waals surface area contributed by atoms with Gasteiger partial charge in [0.2, 0.25) is 0 Å². The Balaban J connectivity index is 3.95. The third-order valence-electron chi connectivity index (χ3n) is 1.91. The Bertz CT molecular complexity index is 131. The van der Waals surface area contributed by atoms with Crippen LogP contribution in [0.5, 0.6) is 0 Å². The molecule has 0 fully saturated rings. The molecule has 80 valence electrons. The summed E-state index contributed by atoms with van der Waals surface area (Å²) in [5.74, 6) is 0.0215. The van der Waals surface area contributed by atoms with Gasteiger partial charge in [0.15, 0.2) is 0 Å². The van der Waals surface area contributed by atoms with Crippen molar-refractivity contribution in [1.82, 2.24) is 5.32 Å². The number of halogens is 3. The van der Waals surface area contributed by atoms with Crippen LogP contribution in [0, 0.1) is 5.92 Å². The Morgan fingerprint density at radius 1 is 1.23 bits per heavy atom. The number of rotatable bonds is 5. The monoisotopic (exact) mass is 197 g/mol. The normalized spacial score (nSPS) is 15.0. The van der Waals surface area contributed by atoms with Crippen LogP contribution in [0.15, 0.2) is 0 Å². The van der Waals surface area contributed by atoms with E-state index in [9.17, 15) is 13.2 Å². The molecular formula is C9H18F3N. The van der Waals surface area contributed by atoms with Gasteiger partial charge in [-0.25, -0.2) is 0 Å². The van der Waals surface area contributed by atoms with E-state index in [-0.39, 0.29) is 5.92 Å². The van der Waals surface area contributed by atoms with Gasteiger partial charge in [-0.2, -0.15) is 13.2 Å². The van der Waals surface area contributed by atoms with Crippen LogP contribution in [-0.2, 0) is 0 Å². The highest BCUT2D eigenvalue weighted by Gasteiger charge is 2.32. The van der Waals surface area contributed by atoms with Gasteiger partial charge in [0, 0.05) is 6.04 Å². The Labute approximate surface area is 77.7 Å². The molecule has 0 aliphatic rings. The minimum Gasteiger partial charge on any atom is -0.313 e. The second-order valence-corrected chi connectivity index (χ2v) is 3.62. The summed E-state index contributed by atoms with van der Waals surface area (Å²) in [6.07, 6.45) is -3.93. The molecule has 1 atom stereocenters. The Kier molecular flexibility index (Phi) is 5.37. The highest BCUT2D eigenvalue weighted by Crippen LogP contribution is 2.24. The van der Waals surface area contributed by atoms with Crippen LogP contribution in [0.25, 0.3) is 0 Å². The third kappa shape index (κ3) is 6.87. The number of nitrogens with one attached hydrogen (secondary N) is 1. The molecule has 1 nitrogen and oxygen atoms in total. The molecule has 0 aromatic carbocycles. The Morgan fingerprint density at radius 2 is 1.77 bits per heavy atom. The van der Waals surface area contributed by atoms with Crippen molar-refractivity contribution in [2.45, 2.75) is 45.8 Å². The van der Waals surface area contributed by atoms with E-state index in [0.29, 0.717) is 6.54 Å². The van der Waals surface area contributed by atoms with Crippen molar-refractivity contribution in [3.63, 3.8) is 0 Å². The molecule has 0 saturated heterocycles. The molecule has 1 N–H and O–H groups in total. The highest BCUT2D eigenvalue weighted by atomic mass is 19.4. The van der Waals surface area contributed by atoms with Gasteiger partial charge in [-0.15, -0.1) is 0 Å².